The van der Waals surface area contributed by atoms with Crippen molar-refractivity contribution in [1.29, 1.82) is 0 Å². The van der Waals surface area contributed by atoms with Gasteiger partial charge in [-0.2, -0.15) is 11.8 Å². The molecule has 3 amide bonds. The molecule has 1 aliphatic rings. The molecule has 1 saturated carbocycles. The molecule has 0 heterocycles. The molecular weight excluding hydrogens is 522 g/mol. The highest BCUT2D eigenvalue weighted by molar-refractivity contribution is 7.98. The zero-order chi connectivity index (χ0) is 29.5. The summed E-state index contributed by atoms with van der Waals surface area (Å²) >= 11 is 1.61. The van der Waals surface area contributed by atoms with Crippen molar-refractivity contribution in [3.63, 3.8) is 0 Å². The second kappa shape index (κ2) is 17.4. The number of amides is 3. The molecule has 1 aromatic carbocycles. The van der Waals surface area contributed by atoms with E-state index in [9.17, 15) is 14.4 Å². The maximum Gasteiger partial charge on any atom is 0.408 e. The van der Waals surface area contributed by atoms with E-state index in [1.165, 1.54) is 6.42 Å². The van der Waals surface area contributed by atoms with Gasteiger partial charge in [0.05, 0.1) is 0 Å². The van der Waals surface area contributed by atoms with Crippen molar-refractivity contribution in [2.24, 2.45) is 0 Å². The number of hydrogen-bond donors (Lipinski definition) is 2. The van der Waals surface area contributed by atoms with Crippen LogP contribution in [-0.2, 0) is 14.3 Å². The highest BCUT2D eigenvalue weighted by Crippen LogP contribution is 2.27. The topological polar surface area (TPSA) is 87.7 Å². The number of thioether (sulfide) groups is 1. The van der Waals surface area contributed by atoms with Crippen LogP contribution in [0.1, 0.15) is 109 Å². The number of alkyl carbamates (subject to hydrolysis) is 1. The fraction of sp³-hybridized carbons (Fsp3) is 0.656. The lowest BCUT2D eigenvalue weighted by molar-refractivity contribution is -0.143. The summed E-state index contributed by atoms with van der Waals surface area (Å²) in [6, 6.07) is 6.16. The van der Waals surface area contributed by atoms with E-state index in [4.69, 9.17) is 4.74 Å². The Kier molecular flexibility index (Phi) is 14.6. The zero-order valence-corrected chi connectivity index (χ0v) is 26.1. The van der Waals surface area contributed by atoms with Crippen LogP contribution in [0.15, 0.2) is 30.8 Å². The first kappa shape index (κ1) is 33.7. The molecular formula is C32H51N3O4S. The maximum absolute atomic E-state index is 14.3. The van der Waals surface area contributed by atoms with Crippen LogP contribution in [0.2, 0.25) is 0 Å². The van der Waals surface area contributed by atoms with Crippen LogP contribution in [0.3, 0.4) is 0 Å². The Labute approximate surface area is 246 Å². The van der Waals surface area contributed by atoms with Gasteiger partial charge in [0.1, 0.15) is 17.7 Å². The SMILES string of the molecule is C=Cc1cccc(C(C(=O)NC2CCCCC2)N(CCCCCC)C(=O)C(CCSC)NC(=O)OC(C)(C)C)c1. The lowest BCUT2D eigenvalue weighted by Gasteiger charge is -2.36. The van der Waals surface area contributed by atoms with Crippen molar-refractivity contribution in [1.82, 2.24) is 15.5 Å². The van der Waals surface area contributed by atoms with Crippen molar-refractivity contribution in [2.75, 3.05) is 18.6 Å². The number of nitrogens with one attached hydrogen (secondary N) is 2. The van der Waals surface area contributed by atoms with Crippen LogP contribution < -0.4 is 10.6 Å². The third kappa shape index (κ3) is 11.6. The molecule has 2 atom stereocenters. The van der Waals surface area contributed by atoms with E-state index in [1.807, 2.05) is 30.5 Å². The molecule has 2 N–H and O–H groups in total. The zero-order valence-electron chi connectivity index (χ0n) is 25.3. The number of nitrogens with zero attached hydrogens (tertiary/aromatic N) is 1. The van der Waals surface area contributed by atoms with E-state index in [-0.39, 0.29) is 17.9 Å². The van der Waals surface area contributed by atoms with Crippen molar-refractivity contribution < 1.29 is 19.1 Å². The first-order valence-corrected chi connectivity index (χ1v) is 16.3. The van der Waals surface area contributed by atoms with Gasteiger partial charge in [-0.3, -0.25) is 9.59 Å². The quantitative estimate of drug-likeness (QED) is 0.224. The normalized spacial score (nSPS) is 15.5. The van der Waals surface area contributed by atoms with Gasteiger partial charge < -0.3 is 20.3 Å². The second-order valence-corrected chi connectivity index (χ2v) is 12.7. The van der Waals surface area contributed by atoms with Crippen LogP contribution in [0.4, 0.5) is 4.79 Å². The smallest absolute Gasteiger partial charge is 0.408 e. The number of carbonyl (C=O) groups excluding carboxylic acids is 3. The van der Waals surface area contributed by atoms with E-state index in [0.717, 1.165) is 62.5 Å². The summed E-state index contributed by atoms with van der Waals surface area (Å²) in [6.07, 6.45) is 12.7. The second-order valence-electron chi connectivity index (χ2n) is 11.7. The average molecular weight is 574 g/mol. The molecule has 1 fully saturated rings. The highest BCUT2D eigenvalue weighted by atomic mass is 32.2. The Morgan fingerprint density at radius 1 is 1.15 bits per heavy atom. The largest absolute Gasteiger partial charge is 0.444 e. The van der Waals surface area contributed by atoms with Gasteiger partial charge >= 0.3 is 6.09 Å². The van der Waals surface area contributed by atoms with Crippen molar-refractivity contribution in [3.05, 3.63) is 42.0 Å². The predicted molar refractivity (Wildman–Crippen MR) is 166 cm³/mol. The van der Waals surface area contributed by atoms with E-state index in [0.29, 0.717) is 18.7 Å². The standard InChI is InChI=1S/C32H51N3O4S/c1-7-9-10-14-21-35(30(37)27(20-22-40-6)34-31(38)39-32(3,4)5)28(25-17-15-16-24(8-2)23-25)29(36)33-26-18-12-11-13-19-26/h8,15-17,23,26-28H,2,7,9-14,18-22H2,1,3-6H3,(H,33,36)(H,34,38). The molecule has 224 valence electrons. The number of rotatable bonds is 15. The lowest BCUT2D eigenvalue weighted by Crippen LogP contribution is -2.54. The van der Waals surface area contributed by atoms with E-state index in [2.05, 4.69) is 24.1 Å². The summed E-state index contributed by atoms with van der Waals surface area (Å²) in [4.78, 5) is 42.8. The first-order chi connectivity index (χ1) is 19.1. The summed E-state index contributed by atoms with van der Waals surface area (Å²) in [7, 11) is 0. The van der Waals surface area contributed by atoms with E-state index in [1.54, 1.807) is 43.5 Å². The highest BCUT2D eigenvalue weighted by Gasteiger charge is 2.36. The van der Waals surface area contributed by atoms with Gasteiger partial charge in [-0.25, -0.2) is 4.79 Å². The first-order valence-electron chi connectivity index (χ1n) is 14.9. The van der Waals surface area contributed by atoms with Gasteiger partial charge in [0, 0.05) is 12.6 Å². The van der Waals surface area contributed by atoms with E-state index < -0.39 is 23.8 Å². The molecule has 0 aromatic heterocycles. The summed E-state index contributed by atoms with van der Waals surface area (Å²) in [5.74, 6) is 0.253. The predicted octanol–water partition coefficient (Wildman–Crippen LogP) is 6.87. The Balaban J connectivity index is 2.48. The van der Waals surface area contributed by atoms with Gasteiger partial charge in [0.2, 0.25) is 11.8 Å². The van der Waals surface area contributed by atoms with Gasteiger partial charge in [0.25, 0.3) is 0 Å². The molecule has 8 heteroatoms. The van der Waals surface area contributed by atoms with Crippen LogP contribution in [0.25, 0.3) is 6.08 Å². The minimum atomic E-state index is -0.812. The Bertz CT molecular complexity index is 956. The van der Waals surface area contributed by atoms with Gasteiger partial charge in [-0.15, -0.1) is 0 Å². The fourth-order valence-corrected chi connectivity index (χ4v) is 5.55. The van der Waals surface area contributed by atoms with Gasteiger partial charge in [-0.05, 0) is 75.7 Å². The van der Waals surface area contributed by atoms with Gasteiger partial charge in [0.15, 0.2) is 0 Å². The van der Waals surface area contributed by atoms with Crippen LogP contribution in [0.5, 0.6) is 0 Å². The lowest BCUT2D eigenvalue weighted by atomic mass is 9.94. The average Bonchev–Trinajstić information content (AvgIpc) is 2.91. The van der Waals surface area contributed by atoms with Crippen molar-refractivity contribution in [3.8, 4) is 0 Å². The summed E-state index contributed by atoms with van der Waals surface area (Å²) in [5, 5.41) is 6.10. The van der Waals surface area contributed by atoms with Gasteiger partial charge in [-0.1, -0.05) is 76.3 Å². The number of unbranched alkanes of at least 4 members (excludes halogenated alkanes) is 3. The summed E-state index contributed by atoms with van der Waals surface area (Å²) in [5.41, 5.74) is 0.942. The van der Waals surface area contributed by atoms with Crippen molar-refractivity contribution in [2.45, 2.75) is 116 Å². The molecule has 1 aliphatic carbocycles. The van der Waals surface area contributed by atoms with Crippen LogP contribution in [-0.4, -0.2) is 59.0 Å². The monoisotopic (exact) mass is 573 g/mol. The third-order valence-electron chi connectivity index (χ3n) is 7.11. The molecule has 40 heavy (non-hydrogen) atoms. The molecule has 0 aliphatic heterocycles. The Morgan fingerprint density at radius 3 is 2.50 bits per heavy atom. The molecule has 0 saturated heterocycles. The van der Waals surface area contributed by atoms with E-state index >= 15 is 0 Å². The minimum absolute atomic E-state index is 0.107. The Hall–Kier alpha value is -2.48. The number of ether oxygens (including phenoxy) is 1. The number of benzene rings is 1. The van der Waals surface area contributed by atoms with Crippen molar-refractivity contribution >= 4 is 35.7 Å². The van der Waals surface area contributed by atoms with Crippen LogP contribution in [0, 0.1) is 0 Å². The number of hydrogen-bond acceptors (Lipinski definition) is 5. The molecule has 2 rings (SSSR count). The molecule has 7 nitrogen and oxygen atoms in total. The minimum Gasteiger partial charge on any atom is -0.444 e. The Morgan fingerprint density at radius 2 is 1.88 bits per heavy atom. The van der Waals surface area contributed by atoms with Crippen LogP contribution >= 0.6 is 11.8 Å². The molecule has 0 bridgehead atoms. The molecule has 0 spiro atoms. The summed E-state index contributed by atoms with van der Waals surface area (Å²) < 4.78 is 5.50. The maximum atomic E-state index is 14.3. The third-order valence-corrected chi connectivity index (χ3v) is 7.75. The fourth-order valence-electron chi connectivity index (χ4n) is 5.07. The molecule has 2 unspecified atom stereocenters. The molecule has 0 radical (unpaired) electrons. The molecule has 1 aromatic rings. The summed E-state index contributed by atoms with van der Waals surface area (Å²) in [6.45, 7) is 11.9. The number of carbonyl (C=O) groups is 3.